The average molecular weight is 444 g/mol. The first-order valence-electron chi connectivity index (χ1n) is 10.3. The third-order valence-corrected chi connectivity index (χ3v) is 5.82. The molecule has 3 aromatic carbocycles. The number of benzene rings is 3. The molecule has 1 saturated heterocycles. The molecule has 1 N–H and O–H groups in total. The van der Waals surface area contributed by atoms with Crippen molar-refractivity contribution < 1.29 is 18.3 Å². The van der Waals surface area contributed by atoms with E-state index in [0.717, 1.165) is 23.7 Å². The fourth-order valence-corrected chi connectivity index (χ4v) is 4.14. The number of halogens is 3. The summed E-state index contributed by atoms with van der Waals surface area (Å²) < 4.78 is 40.0. The van der Waals surface area contributed by atoms with Gasteiger partial charge in [0.1, 0.15) is 23.3 Å². The molecule has 3 aromatic rings. The number of piperidine rings is 1. The molecule has 3 nitrogen and oxygen atoms in total. The number of nitrogens with one attached hydrogen (secondary N) is 1. The summed E-state index contributed by atoms with van der Waals surface area (Å²) in [4.78, 5) is 0. The molecule has 0 spiro atoms. The average Bonchev–Trinajstić information content (AvgIpc) is 2.77. The molecule has 2 unspecified atom stereocenters. The maximum atomic E-state index is 13.6. The highest BCUT2D eigenvalue weighted by molar-refractivity contribution is 6.30. The Balaban J connectivity index is 1.61. The lowest BCUT2D eigenvalue weighted by Crippen LogP contribution is -2.54. The Morgan fingerprint density at radius 1 is 0.903 bits per heavy atom. The van der Waals surface area contributed by atoms with Crippen LogP contribution in [-0.4, -0.2) is 19.2 Å². The quantitative estimate of drug-likeness (QED) is 0.515. The normalized spacial score (nSPS) is 21.2. The van der Waals surface area contributed by atoms with Crippen molar-refractivity contribution >= 4 is 11.6 Å². The van der Waals surface area contributed by atoms with Crippen molar-refractivity contribution in [2.24, 2.45) is 0 Å². The fourth-order valence-electron chi connectivity index (χ4n) is 4.01. The van der Waals surface area contributed by atoms with E-state index in [9.17, 15) is 8.78 Å². The minimum absolute atomic E-state index is 0.0745. The van der Waals surface area contributed by atoms with Crippen LogP contribution in [-0.2, 0) is 28.3 Å². The Bertz CT molecular complexity index is 980. The minimum atomic E-state index is -0.725. The number of hydrogen-bond donors (Lipinski definition) is 1. The largest absolute Gasteiger partial charge is 0.369 e. The van der Waals surface area contributed by atoms with Gasteiger partial charge in [0.15, 0.2) is 0 Å². The standard InChI is InChI=1S/C25H24ClF2NO2/c26-21-8-6-20(7-9-21)25(31-17-18-4-2-1-3-5-18)10-11-29-15-24(25)30-16-19-12-22(27)14-23(28)13-19/h1-9,12-14,24,29H,10-11,15-17H2. The second-order valence-corrected chi connectivity index (χ2v) is 8.14. The maximum Gasteiger partial charge on any atom is 0.126 e. The molecule has 0 aromatic heterocycles. The molecule has 0 aliphatic carbocycles. The van der Waals surface area contributed by atoms with Crippen LogP contribution in [0, 0.1) is 11.6 Å². The van der Waals surface area contributed by atoms with E-state index >= 15 is 0 Å². The van der Waals surface area contributed by atoms with Gasteiger partial charge >= 0.3 is 0 Å². The van der Waals surface area contributed by atoms with Crippen molar-refractivity contribution in [3.8, 4) is 0 Å². The Morgan fingerprint density at radius 2 is 1.61 bits per heavy atom. The molecule has 4 rings (SSSR count). The highest BCUT2D eigenvalue weighted by Crippen LogP contribution is 2.38. The zero-order valence-electron chi connectivity index (χ0n) is 17.0. The van der Waals surface area contributed by atoms with Crippen molar-refractivity contribution in [2.45, 2.75) is 31.3 Å². The molecular weight excluding hydrogens is 420 g/mol. The van der Waals surface area contributed by atoms with Gasteiger partial charge in [0, 0.05) is 17.6 Å². The number of ether oxygens (including phenoxy) is 2. The van der Waals surface area contributed by atoms with Crippen LogP contribution >= 0.6 is 11.6 Å². The summed E-state index contributed by atoms with van der Waals surface area (Å²) >= 11 is 6.12. The predicted octanol–water partition coefficient (Wildman–Crippen LogP) is 5.61. The molecule has 0 bridgehead atoms. The molecule has 1 heterocycles. The summed E-state index contributed by atoms with van der Waals surface area (Å²) in [5.74, 6) is -1.24. The van der Waals surface area contributed by atoms with E-state index in [1.807, 2.05) is 54.6 Å². The monoisotopic (exact) mass is 443 g/mol. The molecule has 31 heavy (non-hydrogen) atoms. The summed E-state index contributed by atoms with van der Waals surface area (Å²) in [6, 6.07) is 21.0. The predicted molar refractivity (Wildman–Crippen MR) is 117 cm³/mol. The highest BCUT2D eigenvalue weighted by atomic mass is 35.5. The minimum Gasteiger partial charge on any atom is -0.369 e. The van der Waals surface area contributed by atoms with Crippen LogP contribution in [0.1, 0.15) is 23.1 Å². The first kappa shape index (κ1) is 21.9. The van der Waals surface area contributed by atoms with E-state index in [1.165, 1.54) is 12.1 Å². The van der Waals surface area contributed by atoms with Gasteiger partial charge in [-0.2, -0.15) is 0 Å². The smallest absolute Gasteiger partial charge is 0.126 e. The summed E-state index contributed by atoms with van der Waals surface area (Å²) in [5.41, 5.74) is 1.73. The Hall–Kier alpha value is -2.31. The van der Waals surface area contributed by atoms with Gasteiger partial charge in [-0.25, -0.2) is 8.78 Å². The SMILES string of the molecule is Fc1cc(F)cc(COC2CNCCC2(OCc2ccccc2)c2ccc(Cl)cc2)c1. The van der Waals surface area contributed by atoms with Gasteiger partial charge < -0.3 is 14.8 Å². The van der Waals surface area contributed by atoms with Crippen LogP contribution < -0.4 is 5.32 Å². The molecular formula is C25H24ClF2NO2. The lowest BCUT2D eigenvalue weighted by atomic mass is 9.82. The van der Waals surface area contributed by atoms with E-state index in [4.69, 9.17) is 21.1 Å². The first-order valence-corrected chi connectivity index (χ1v) is 10.6. The summed E-state index contributed by atoms with van der Waals surface area (Å²) in [6.45, 7) is 1.80. The Morgan fingerprint density at radius 3 is 2.32 bits per heavy atom. The van der Waals surface area contributed by atoms with Gasteiger partial charge in [-0.1, -0.05) is 54.1 Å². The fraction of sp³-hybridized carbons (Fsp3) is 0.280. The Kier molecular flexibility index (Phi) is 6.98. The topological polar surface area (TPSA) is 30.5 Å². The van der Waals surface area contributed by atoms with Crippen molar-refractivity contribution in [3.63, 3.8) is 0 Å². The highest BCUT2D eigenvalue weighted by Gasteiger charge is 2.44. The second kappa shape index (κ2) is 9.88. The Labute approximate surface area is 186 Å². The third-order valence-electron chi connectivity index (χ3n) is 5.57. The van der Waals surface area contributed by atoms with Gasteiger partial charge in [-0.15, -0.1) is 0 Å². The maximum absolute atomic E-state index is 13.6. The van der Waals surface area contributed by atoms with Gasteiger partial charge in [0.05, 0.1) is 13.2 Å². The van der Waals surface area contributed by atoms with Crippen molar-refractivity contribution in [1.29, 1.82) is 0 Å². The number of hydrogen-bond acceptors (Lipinski definition) is 3. The van der Waals surface area contributed by atoms with E-state index in [-0.39, 0.29) is 12.7 Å². The first-order chi connectivity index (χ1) is 15.0. The van der Waals surface area contributed by atoms with Crippen LogP contribution in [0.4, 0.5) is 8.78 Å². The van der Waals surface area contributed by atoms with Crippen molar-refractivity contribution in [2.75, 3.05) is 13.1 Å². The van der Waals surface area contributed by atoms with Gasteiger partial charge in [0.2, 0.25) is 0 Å². The van der Waals surface area contributed by atoms with Crippen LogP contribution in [0.25, 0.3) is 0 Å². The summed E-state index contributed by atoms with van der Waals surface area (Å²) in [5, 5.41) is 3.99. The van der Waals surface area contributed by atoms with E-state index in [2.05, 4.69) is 5.32 Å². The zero-order valence-corrected chi connectivity index (χ0v) is 17.7. The summed E-state index contributed by atoms with van der Waals surface area (Å²) in [6.07, 6.45) is 0.321. The van der Waals surface area contributed by atoms with Gasteiger partial charge in [-0.3, -0.25) is 0 Å². The summed E-state index contributed by atoms with van der Waals surface area (Å²) in [7, 11) is 0. The lowest BCUT2D eigenvalue weighted by Gasteiger charge is -2.44. The van der Waals surface area contributed by atoms with Crippen molar-refractivity contribution in [1.82, 2.24) is 5.32 Å². The molecule has 0 saturated carbocycles. The van der Waals surface area contributed by atoms with E-state index in [0.29, 0.717) is 30.2 Å². The molecule has 0 amide bonds. The van der Waals surface area contributed by atoms with Gasteiger partial charge in [0.25, 0.3) is 0 Å². The molecule has 2 atom stereocenters. The van der Waals surface area contributed by atoms with E-state index < -0.39 is 17.2 Å². The molecule has 1 aliphatic heterocycles. The molecule has 0 radical (unpaired) electrons. The van der Waals surface area contributed by atoms with Crippen LogP contribution in [0.15, 0.2) is 72.8 Å². The van der Waals surface area contributed by atoms with Gasteiger partial charge in [-0.05, 0) is 53.9 Å². The van der Waals surface area contributed by atoms with Crippen LogP contribution in [0.5, 0.6) is 0 Å². The van der Waals surface area contributed by atoms with Crippen molar-refractivity contribution in [3.05, 3.63) is 106 Å². The molecule has 6 heteroatoms. The second-order valence-electron chi connectivity index (χ2n) is 7.70. The molecule has 162 valence electrons. The third kappa shape index (κ3) is 5.31. The lowest BCUT2D eigenvalue weighted by molar-refractivity contribution is -0.176. The van der Waals surface area contributed by atoms with Crippen LogP contribution in [0.3, 0.4) is 0 Å². The van der Waals surface area contributed by atoms with Crippen LogP contribution in [0.2, 0.25) is 5.02 Å². The molecule has 1 aliphatic rings. The molecule has 1 fully saturated rings. The zero-order chi connectivity index (χ0) is 21.7. The number of rotatable bonds is 7. The van der Waals surface area contributed by atoms with E-state index in [1.54, 1.807) is 0 Å².